The molecule has 31 heavy (non-hydrogen) atoms. The molecule has 1 aliphatic carbocycles. The highest BCUT2D eigenvalue weighted by atomic mass is 19.2. The summed E-state index contributed by atoms with van der Waals surface area (Å²) in [6.45, 7) is 2.19. The summed E-state index contributed by atoms with van der Waals surface area (Å²) in [5.74, 6) is 2.84. The molecule has 0 bridgehead atoms. The van der Waals surface area contributed by atoms with Crippen LogP contribution in [0.5, 0.6) is 0 Å². The van der Waals surface area contributed by atoms with Gasteiger partial charge in [0.2, 0.25) is 0 Å². The van der Waals surface area contributed by atoms with Crippen molar-refractivity contribution in [1.82, 2.24) is 0 Å². The molecule has 0 nitrogen and oxygen atoms in total. The van der Waals surface area contributed by atoms with Gasteiger partial charge in [-0.2, -0.15) is 0 Å². The zero-order valence-corrected chi connectivity index (χ0v) is 17.9. The minimum atomic E-state index is -1.46. The fourth-order valence-corrected chi connectivity index (χ4v) is 5.09. The molecule has 0 amide bonds. The second-order valence-electron chi connectivity index (χ2n) is 8.56. The lowest BCUT2D eigenvalue weighted by Crippen LogP contribution is -2.37. The Morgan fingerprint density at radius 2 is 1.74 bits per heavy atom. The van der Waals surface area contributed by atoms with Crippen molar-refractivity contribution in [2.45, 2.75) is 57.3 Å². The first kappa shape index (κ1) is 21.5. The van der Waals surface area contributed by atoms with E-state index in [9.17, 15) is 13.2 Å². The molecule has 2 unspecified atom stereocenters. The Labute approximate surface area is 182 Å². The van der Waals surface area contributed by atoms with Crippen LogP contribution in [-0.2, 0) is 5.41 Å². The van der Waals surface area contributed by atoms with Gasteiger partial charge in [0, 0.05) is 0 Å². The maximum absolute atomic E-state index is 14.4. The number of hydrogen-bond acceptors (Lipinski definition) is 0. The summed E-state index contributed by atoms with van der Waals surface area (Å²) >= 11 is 0. The van der Waals surface area contributed by atoms with Gasteiger partial charge in [-0.3, -0.25) is 0 Å². The third-order valence-electron chi connectivity index (χ3n) is 6.70. The van der Waals surface area contributed by atoms with E-state index in [0.29, 0.717) is 5.92 Å². The lowest BCUT2D eigenvalue weighted by Gasteiger charge is -2.42. The second kappa shape index (κ2) is 9.18. The molecule has 0 saturated heterocycles. The lowest BCUT2D eigenvalue weighted by atomic mass is 9.60. The van der Waals surface area contributed by atoms with E-state index in [0.717, 1.165) is 61.8 Å². The van der Waals surface area contributed by atoms with Crippen molar-refractivity contribution in [3.05, 3.63) is 83.2 Å². The van der Waals surface area contributed by atoms with Crippen LogP contribution in [-0.4, -0.2) is 0 Å². The molecule has 0 heterocycles. The normalized spacial score (nSPS) is 21.0. The molecule has 3 heteroatoms. The smallest absolute Gasteiger partial charge is 0.195 e. The first-order chi connectivity index (χ1) is 15.1. The van der Waals surface area contributed by atoms with Crippen LogP contribution < -0.4 is 0 Å². The topological polar surface area (TPSA) is 0 Å². The zero-order valence-electron chi connectivity index (χ0n) is 17.9. The van der Waals surface area contributed by atoms with Crippen LogP contribution in [0.3, 0.4) is 0 Å². The number of hydrogen-bond donors (Lipinski definition) is 0. The van der Waals surface area contributed by atoms with Crippen molar-refractivity contribution in [2.75, 3.05) is 0 Å². The highest BCUT2D eigenvalue weighted by molar-refractivity contribution is 5.87. The molecular weight excluding hydrogens is 393 g/mol. The molecule has 4 rings (SSSR count). The van der Waals surface area contributed by atoms with Gasteiger partial charge in [0.15, 0.2) is 17.5 Å². The average Bonchev–Trinajstić information content (AvgIpc) is 2.81. The highest BCUT2D eigenvalue weighted by Gasteiger charge is 2.41. The summed E-state index contributed by atoms with van der Waals surface area (Å²) in [7, 11) is 0. The van der Waals surface area contributed by atoms with Crippen molar-refractivity contribution < 1.29 is 13.2 Å². The largest absolute Gasteiger partial charge is 0.204 e. The van der Waals surface area contributed by atoms with Crippen LogP contribution >= 0.6 is 0 Å². The van der Waals surface area contributed by atoms with Crippen LogP contribution in [0, 0.1) is 35.2 Å². The zero-order chi connectivity index (χ0) is 21.8. The van der Waals surface area contributed by atoms with Gasteiger partial charge in [-0.05, 0) is 53.6 Å². The minimum Gasteiger partial charge on any atom is -0.204 e. The fraction of sp³-hybridized carbons (Fsp3) is 0.357. The molecule has 0 radical (unpaired) electrons. The molecule has 1 aliphatic rings. The van der Waals surface area contributed by atoms with E-state index in [1.807, 2.05) is 12.1 Å². The van der Waals surface area contributed by atoms with E-state index in [2.05, 4.69) is 49.1 Å². The van der Waals surface area contributed by atoms with Crippen molar-refractivity contribution >= 4 is 10.8 Å². The Balaban J connectivity index is 1.91. The van der Waals surface area contributed by atoms with Crippen molar-refractivity contribution in [2.24, 2.45) is 5.92 Å². The Morgan fingerprint density at radius 1 is 0.935 bits per heavy atom. The van der Waals surface area contributed by atoms with E-state index in [4.69, 9.17) is 0 Å². The van der Waals surface area contributed by atoms with Crippen LogP contribution in [0.15, 0.2) is 54.6 Å². The molecule has 0 spiro atoms. The van der Waals surface area contributed by atoms with Crippen molar-refractivity contribution in [1.29, 1.82) is 0 Å². The Bertz CT molecular complexity index is 1130. The van der Waals surface area contributed by atoms with E-state index in [1.54, 1.807) is 0 Å². The fourth-order valence-electron chi connectivity index (χ4n) is 5.09. The van der Waals surface area contributed by atoms with Crippen LogP contribution in [0.1, 0.15) is 63.0 Å². The number of fused-ring (bicyclic) bond motifs is 1. The van der Waals surface area contributed by atoms with Crippen LogP contribution in [0.2, 0.25) is 0 Å². The predicted molar refractivity (Wildman–Crippen MR) is 120 cm³/mol. The second-order valence-corrected chi connectivity index (χ2v) is 8.56. The Kier molecular flexibility index (Phi) is 6.37. The Morgan fingerprint density at radius 3 is 2.58 bits per heavy atom. The van der Waals surface area contributed by atoms with E-state index >= 15 is 0 Å². The highest BCUT2D eigenvalue weighted by Crippen LogP contribution is 2.48. The SMILES string of the molecule is CCCCC1CCCCC1(C#Cc1ccc(F)c(F)c1F)c1cccc2ccccc12. The molecule has 0 aliphatic heterocycles. The molecule has 1 saturated carbocycles. The molecule has 0 aromatic heterocycles. The summed E-state index contributed by atoms with van der Waals surface area (Å²) < 4.78 is 41.6. The van der Waals surface area contributed by atoms with Gasteiger partial charge in [-0.1, -0.05) is 86.9 Å². The van der Waals surface area contributed by atoms with Gasteiger partial charge in [-0.25, -0.2) is 13.2 Å². The summed E-state index contributed by atoms with van der Waals surface area (Å²) in [4.78, 5) is 0. The predicted octanol–water partition coefficient (Wildman–Crippen LogP) is 7.93. The number of benzene rings is 3. The first-order valence-corrected chi connectivity index (χ1v) is 11.2. The minimum absolute atomic E-state index is 0.0849. The first-order valence-electron chi connectivity index (χ1n) is 11.2. The van der Waals surface area contributed by atoms with Gasteiger partial charge < -0.3 is 0 Å². The quantitative estimate of drug-likeness (QED) is 0.297. The van der Waals surface area contributed by atoms with E-state index in [-0.39, 0.29) is 5.56 Å². The third kappa shape index (κ3) is 4.09. The third-order valence-corrected chi connectivity index (χ3v) is 6.70. The van der Waals surface area contributed by atoms with Gasteiger partial charge in [0.25, 0.3) is 0 Å². The molecule has 3 aromatic rings. The van der Waals surface area contributed by atoms with Crippen LogP contribution in [0.4, 0.5) is 13.2 Å². The summed E-state index contributed by atoms with van der Waals surface area (Å²) in [5, 5.41) is 2.31. The number of halogens is 3. The lowest BCUT2D eigenvalue weighted by molar-refractivity contribution is 0.227. The standard InChI is InChI=1S/C28H27F3/c1-2-3-11-22-12-6-7-18-28(22,19-17-21-15-16-25(29)27(31)26(21)30)24-14-8-10-20-9-4-5-13-23(20)24/h4-5,8-10,13-16,22H,2-3,6-7,11-12,18H2,1H3. The maximum Gasteiger partial charge on any atom is 0.195 e. The Hall–Kier alpha value is -2.73. The maximum atomic E-state index is 14.4. The molecule has 1 fully saturated rings. The average molecular weight is 421 g/mol. The summed E-state index contributed by atoms with van der Waals surface area (Å²) in [5.41, 5.74) is 0.645. The van der Waals surface area contributed by atoms with Gasteiger partial charge in [-0.15, -0.1) is 0 Å². The van der Waals surface area contributed by atoms with Crippen molar-refractivity contribution in [3.63, 3.8) is 0 Å². The van der Waals surface area contributed by atoms with E-state index in [1.165, 1.54) is 11.6 Å². The van der Waals surface area contributed by atoms with Crippen LogP contribution in [0.25, 0.3) is 10.8 Å². The number of unbranched alkanes of at least 4 members (excludes halogenated alkanes) is 1. The summed E-state index contributed by atoms with van der Waals surface area (Å²) in [6.07, 6.45) is 7.41. The van der Waals surface area contributed by atoms with Crippen molar-refractivity contribution in [3.8, 4) is 11.8 Å². The van der Waals surface area contributed by atoms with E-state index < -0.39 is 22.9 Å². The number of rotatable bonds is 4. The molecule has 160 valence electrons. The van der Waals surface area contributed by atoms with Gasteiger partial charge in [0.05, 0.1) is 11.0 Å². The molecular formula is C28H27F3. The molecule has 2 atom stereocenters. The summed E-state index contributed by atoms with van der Waals surface area (Å²) in [6, 6.07) is 16.8. The van der Waals surface area contributed by atoms with Gasteiger partial charge >= 0.3 is 0 Å². The molecule has 0 N–H and O–H groups in total. The monoisotopic (exact) mass is 420 g/mol. The van der Waals surface area contributed by atoms with Gasteiger partial charge in [0.1, 0.15) is 0 Å². The molecule has 3 aromatic carbocycles.